The molecule has 2 aromatic carbocycles. The normalized spacial score (nSPS) is 12.1. The van der Waals surface area contributed by atoms with Crippen LogP contribution < -0.4 is 10.5 Å². The monoisotopic (exact) mass is 303 g/mol. The second-order valence-corrected chi connectivity index (χ2v) is 6.48. The number of nitrogen functional groups attached to an aromatic ring is 1. The number of aryl methyl sites for hydroxylation is 2. The van der Waals surface area contributed by atoms with Gasteiger partial charge >= 0.3 is 0 Å². The lowest BCUT2D eigenvalue weighted by atomic mass is 10.2. The van der Waals surface area contributed by atoms with Gasteiger partial charge in [-0.05, 0) is 56.2 Å². The van der Waals surface area contributed by atoms with E-state index < -0.39 is 10.8 Å². The Morgan fingerprint density at radius 1 is 1.14 bits per heavy atom. The highest BCUT2D eigenvalue weighted by Gasteiger charge is 2.12. The van der Waals surface area contributed by atoms with E-state index in [-0.39, 0.29) is 0 Å². The Morgan fingerprint density at radius 2 is 1.90 bits per heavy atom. The van der Waals surface area contributed by atoms with E-state index >= 15 is 0 Å². The van der Waals surface area contributed by atoms with Gasteiger partial charge < -0.3 is 10.5 Å². The Kier molecular flexibility index (Phi) is 5.02. The van der Waals surface area contributed by atoms with Crippen LogP contribution in [-0.2, 0) is 16.6 Å². The molecule has 0 aliphatic carbocycles. The molecule has 0 aliphatic rings. The van der Waals surface area contributed by atoms with E-state index in [1.54, 1.807) is 6.07 Å². The van der Waals surface area contributed by atoms with Gasteiger partial charge in [0, 0.05) is 16.1 Å². The molecule has 1 atom stereocenters. The highest BCUT2D eigenvalue weighted by Crippen LogP contribution is 2.26. The molecule has 0 fully saturated rings. The van der Waals surface area contributed by atoms with Crippen molar-refractivity contribution in [1.82, 2.24) is 0 Å². The van der Waals surface area contributed by atoms with Crippen molar-refractivity contribution >= 4 is 16.5 Å². The van der Waals surface area contributed by atoms with E-state index in [4.69, 9.17) is 10.5 Å². The lowest BCUT2D eigenvalue weighted by molar-refractivity contribution is 0.337. The smallest absolute Gasteiger partial charge is 0.123 e. The third-order valence-electron chi connectivity index (χ3n) is 3.26. The first kappa shape index (κ1) is 15.6. The molecule has 21 heavy (non-hydrogen) atoms. The first-order chi connectivity index (χ1) is 10.0. The lowest BCUT2D eigenvalue weighted by Crippen LogP contribution is -2.03. The summed E-state index contributed by atoms with van der Waals surface area (Å²) in [5, 5.41) is 0. The van der Waals surface area contributed by atoms with Gasteiger partial charge in [0.2, 0.25) is 0 Å². The maximum absolute atomic E-state index is 12.7. The van der Waals surface area contributed by atoms with Gasteiger partial charge in [0.1, 0.15) is 5.75 Å². The maximum atomic E-state index is 12.7. The van der Waals surface area contributed by atoms with Crippen LogP contribution in [0.2, 0.25) is 0 Å². The van der Waals surface area contributed by atoms with Gasteiger partial charge in [-0.3, -0.25) is 4.21 Å². The zero-order chi connectivity index (χ0) is 15.4. The van der Waals surface area contributed by atoms with Crippen LogP contribution in [0.15, 0.2) is 41.3 Å². The molecule has 0 amide bonds. The molecule has 3 nitrogen and oxygen atoms in total. The zero-order valence-electron chi connectivity index (χ0n) is 12.7. The molecule has 2 rings (SSSR count). The Labute approximate surface area is 128 Å². The molecule has 112 valence electrons. The minimum Gasteiger partial charge on any atom is -0.494 e. The molecule has 0 saturated heterocycles. The van der Waals surface area contributed by atoms with Crippen molar-refractivity contribution < 1.29 is 8.95 Å². The summed E-state index contributed by atoms with van der Waals surface area (Å²) in [5.74, 6) is 1.16. The first-order valence-electron chi connectivity index (χ1n) is 6.98. The van der Waals surface area contributed by atoms with Gasteiger partial charge in [0.05, 0.1) is 23.2 Å². The largest absolute Gasteiger partial charge is 0.494 e. The van der Waals surface area contributed by atoms with Crippen LogP contribution in [0.5, 0.6) is 5.75 Å². The Balaban J connectivity index is 2.31. The summed E-state index contributed by atoms with van der Waals surface area (Å²) >= 11 is 0. The first-order valence-corrected chi connectivity index (χ1v) is 8.30. The van der Waals surface area contributed by atoms with Crippen molar-refractivity contribution in [3.05, 3.63) is 53.1 Å². The summed E-state index contributed by atoms with van der Waals surface area (Å²) in [5.41, 5.74) is 9.54. The van der Waals surface area contributed by atoms with E-state index in [9.17, 15) is 4.21 Å². The lowest BCUT2D eigenvalue weighted by Gasteiger charge is -2.12. The van der Waals surface area contributed by atoms with E-state index in [0.29, 0.717) is 18.0 Å². The predicted octanol–water partition coefficient (Wildman–Crippen LogP) is 3.59. The third kappa shape index (κ3) is 3.85. The molecule has 1 unspecified atom stereocenters. The molecular formula is C17H21NO2S. The SMILES string of the molecule is CCOc1ccc(N)cc1CS(=O)c1cc(C)ccc1C. The number of benzene rings is 2. The summed E-state index contributed by atoms with van der Waals surface area (Å²) in [6, 6.07) is 11.5. The molecule has 0 spiro atoms. The van der Waals surface area contributed by atoms with Crippen LogP contribution in [0.4, 0.5) is 5.69 Å². The topological polar surface area (TPSA) is 52.3 Å². The summed E-state index contributed by atoms with van der Waals surface area (Å²) < 4.78 is 18.3. The van der Waals surface area contributed by atoms with Crippen molar-refractivity contribution in [2.75, 3.05) is 12.3 Å². The predicted molar refractivity (Wildman–Crippen MR) is 88.1 cm³/mol. The number of hydrogen-bond donors (Lipinski definition) is 1. The second kappa shape index (κ2) is 6.76. The molecule has 0 aromatic heterocycles. The van der Waals surface area contributed by atoms with Crippen LogP contribution in [0.25, 0.3) is 0 Å². The van der Waals surface area contributed by atoms with Crippen molar-refractivity contribution in [2.45, 2.75) is 31.4 Å². The van der Waals surface area contributed by atoms with Crippen molar-refractivity contribution in [2.24, 2.45) is 0 Å². The molecule has 0 saturated carbocycles. The molecule has 0 heterocycles. The van der Waals surface area contributed by atoms with Gasteiger partial charge in [-0.2, -0.15) is 0 Å². The standard InChI is InChI=1S/C17H21NO2S/c1-4-20-16-8-7-15(18)10-14(16)11-21(19)17-9-12(2)5-6-13(17)3/h5-10H,4,11,18H2,1-3H3. The van der Waals surface area contributed by atoms with Crippen LogP contribution in [0.1, 0.15) is 23.6 Å². The number of nitrogens with two attached hydrogens (primary N) is 1. The molecule has 0 radical (unpaired) electrons. The number of rotatable bonds is 5. The van der Waals surface area contributed by atoms with Crippen molar-refractivity contribution in [1.29, 1.82) is 0 Å². The van der Waals surface area contributed by atoms with Crippen LogP contribution in [-0.4, -0.2) is 10.8 Å². The van der Waals surface area contributed by atoms with Crippen molar-refractivity contribution in [3.63, 3.8) is 0 Å². The molecule has 0 bridgehead atoms. The van der Waals surface area contributed by atoms with E-state index in [0.717, 1.165) is 27.3 Å². The summed E-state index contributed by atoms with van der Waals surface area (Å²) in [6.45, 7) is 6.50. The number of ether oxygens (including phenoxy) is 1. The van der Waals surface area contributed by atoms with Gasteiger partial charge in [-0.1, -0.05) is 12.1 Å². The second-order valence-electron chi connectivity index (χ2n) is 5.06. The summed E-state index contributed by atoms with van der Waals surface area (Å²) in [6.07, 6.45) is 0. The highest BCUT2D eigenvalue weighted by atomic mass is 32.2. The van der Waals surface area contributed by atoms with E-state index in [2.05, 4.69) is 0 Å². The van der Waals surface area contributed by atoms with Gasteiger partial charge in [-0.25, -0.2) is 0 Å². The fourth-order valence-electron chi connectivity index (χ4n) is 2.18. The van der Waals surface area contributed by atoms with Gasteiger partial charge in [0.15, 0.2) is 0 Å². The van der Waals surface area contributed by atoms with Gasteiger partial charge in [0.25, 0.3) is 0 Å². The molecule has 0 aliphatic heterocycles. The maximum Gasteiger partial charge on any atom is 0.123 e. The molecular weight excluding hydrogens is 282 g/mol. The summed E-state index contributed by atoms with van der Waals surface area (Å²) in [4.78, 5) is 0.875. The van der Waals surface area contributed by atoms with Crippen LogP contribution >= 0.6 is 0 Å². The van der Waals surface area contributed by atoms with Crippen LogP contribution in [0.3, 0.4) is 0 Å². The quantitative estimate of drug-likeness (QED) is 0.859. The average Bonchev–Trinajstić information content (AvgIpc) is 2.44. The Morgan fingerprint density at radius 3 is 2.62 bits per heavy atom. The highest BCUT2D eigenvalue weighted by molar-refractivity contribution is 7.84. The average molecular weight is 303 g/mol. The van der Waals surface area contributed by atoms with Crippen LogP contribution in [0, 0.1) is 13.8 Å². The minimum atomic E-state index is -1.11. The zero-order valence-corrected chi connectivity index (χ0v) is 13.5. The minimum absolute atomic E-state index is 0.407. The van der Waals surface area contributed by atoms with Crippen molar-refractivity contribution in [3.8, 4) is 5.75 Å². The molecule has 4 heteroatoms. The van der Waals surface area contributed by atoms with Gasteiger partial charge in [-0.15, -0.1) is 0 Å². The summed E-state index contributed by atoms with van der Waals surface area (Å²) in [7, 11) is -1.11. The van der Waals surface area contributed by atoms with E-state index in [1.807, 2.05) is 51.1 Å². The molecule has 2 N–H and O–H groups in total. The number of hydrogen-bond acceptors (Lipinski definition) is 3. The fourth-order valence-corrected chi connectivity index (χ4v) is 3.59. The Hall–Kier alpha value is -1.81. The fraction of sp³-hybridized carbons (Fsp3) is 0.294. The molecule has 2 aromatic rings. The van der Waals surface area contributed by atoms with E-state index in [1.165, 1.54) is 0 Å². The number of anilines is 1. The third-order valence-corrected chi connectivity index (χ3v) is 4.76. The Bertz CT molecular complexity index is 668.